The third-order valence-corrected chi connectivity index (χ3v) is 4.50. The number of hydrogen-bond donors (Lipinski definition) is 1. The summed E-state index contributed by atoms with van der Waals surface area (Å²) in [6.07, 6.45) is 3.32. The third kappa shape index (κ3) is 3.62. The van der Waals surface area contributed by atoms with Crippen molar-refractivity contribution in [2.75, 3.05) is 14.2 Å². The van der Waals surface area contributed by atoms with E-state index in [1.54, 1.807) is 18.3 Å². The SMILES string of the molecule is CCC(CC)NC(=O)c1cn(CC)c(=O)c2cc(OC)c(OC)cc12. The van der Waals surface area contributed by atoms with E-state index in [1.165, 1.54) is 18.8 Å². The maximum absolute atomic E-state index is 12.8. The van der Waals surface area contributed by atoms with E-state index in [1.807, 2.05) is 20.8 Å². The standard InChI is InChI=1S/C19H26N2O4/c1-6-12(7-2)20-18(22)15-11-21(8-3)19(23)14-10-17(25-5)16(24-4)9-13(14)15/h9-12H,6-8H2,1-5H3,(H,20,22). The maximum Gasteiger partial charge on any atom is 0.258 e. The number of rotatable bonds is 7. The summed E-state index contributed by atoms with van der Waals surface area (Å²) in [6.45, 7) is 6.42. The van der Waals surface area contributed by atoms with Crippen LogP contribution in [0, 0.1) is 0 Å². The molecule has 0 unspecified atom stereocenters. The fraction of sp³-hybridized carbons (Fsp3) is 0.474. The summed E-state index contributed by atoms with van der Waals surface area (Å²) in [6, 6.07) is 3.43. The number of aryl methyl sites for hydroxylation is 1. The molecule has 0 spiro atoms. The second-order valence-corrected chi connectivity index (χ2v) is 5.87. The van der Waals surface area contributed by atoms with Gasteiger partial charge in [0.15, 0.2) is 11.5 Å². The molecule has 1 aromatic heterocycles. The molecule has 2 aromatic rings. The highest BCUT2D eigenvalue weighted by atomic mass is 16.5. The van der Waals surface area contributed by atoms with Crippen LogP contribution in [0.5, 0.6) is 11.5 Å². The van der Waals surface area contributed by atoms with Gasteiger partial charge in [-0.3, -0.25) is 9.59 Å². The van der Waals surface area contributed by atoms with E-state index in [0.717, 1.165) is 12.8 Å². The first-order valence-electron chi connectivity index (χ1n) is 8.60. The van der Waals surface area contributed by atoms with Crippen LogP contribution in [0.4, 0.5) is 0 Å². The third-order valence-electron chi connectivity index (χ3n) is 4.50. The molecular weight excluding hydrogens is 320 g/mol. The molecule has 1 aromatic carbocycles. The lowest BCUT2D eigenvalue weighted by atomic mass is 10.0. The largest absolute Gasteiger partial charge is 0.493 e. The molecule has 0 radical (unpaired) electrons. The zero-order chi connectivity index (χ0) is 18.6. The van der Waals surface area contributed by atoms with Crippen LogP contribution < -0.4 is 20.3 Å². The number of nitrogens with one attached hydrogen (secondary N) is 1. The van der Waals surface area contributed by atoms with E-state index in [-0.39, 0.29) is 17.5 Å². The monoisotopic (exact) mass is 346 g/mol. The smallest absolute Gasteiger partial charge is 0.258 e. The average Bonchev–Trinajstić information content (AvgIpc) is 2.65. The van der Waals surface area contributed by atoms with Crippen LogP contribution in [0.3, 0.4) is 0 Å². The number of benzene rings is 1. The number of fused-ring (bicyclic) bond motifs is 1. The predicted molar refractivity (Wildman–Crippen MR) is 98.8 cm³/mol. The van der Waals surface area contributed by atoms with Crippen molar-refractivity contribution in [2.45, 2.75) is 46.2 Å². The number of aromatic nitrogens is 1. The van der Waals surface area contributed by atoms with Crippen molar-refractivity contribution in [3.63, 3.8) is 0 Å². The number of pyridine rings is 1. The van der Waals surface area contributed by atoms with Crippen molar-refractivity contribution >= 4 is 16.7 Å². The molecule has 0 aliphatic heterocycles. The molecule has 2 rings (SSSR count). The second kappa shape index (κ2) is 8.05. The lowest BCUT2D eigenvalue weighted by Gasteiger charge is -2.17. The molecule has 1 N–H and O–H groups in total. The van der Waals surface area contributed by atoms with Gasteiger partial charge in [0.05, 0.1) is 25.2 Å². The molecule has 0 aliphatic rings. The molecule has 6 heteroatoms. The van der Waals surface area contributed by atoms with E-state index < -0.39 is 0 Å². The summed E-state index contributed by atoms with van der Waals surface area (Å²) in [7, 11) is 3.05. The van der Waals surface area contributed by atoms with Crippen molar-refractivity contribution in [3.8, 4) is 11.5 Å². The van der Waals surface area contributed by atoms with Gasteiger partial charge in [-0.2, -0.15) is 0 Å². The van der Waals surface area contributed by atoms with E-state index in [2.05, 4.69) is 5.32 Å². The summed E-state index contributed by atoms with van der Waals surface area (Å²) in [5, 5.41) is 4.04. The Morgan fingerprint density at radius 1 is 1.08 bits per heavy atom. The second-order valence-electron chi connectivity index (χ2n) is 5.87. The van der Waals surface area contributed by atoms with Crippen LogP contribution in [0.1, 0.15) is 44.0 Å². The summed E-state index contributed by atoms with van der Waals surface area (Å²) in [5.41, 5.74) is 0.307. The summed E-state index contributed by atoms with van der Waals surface area (Å²) in [5.74, 6) is 0.764. The highest BCUT2D eigenvalue weighted by molar-refractivity contribution is 6.07. The van der Waals surface area contributed by atoms with Crippen LogP contribution in [0.2, 0.25) is 0 Å². The summed E-state index contributed by atoms with van der Waals surface area (Å²) < 4.78 is 12.2. The fourth-order valence-electron chi connectivity index (χ4n) is 2.89. The van der Waals surface area contributed by atoms with Gasteiger partial charge in [-0.1, -0.05) is 13.8 Å². The van der Waals surface area contributed by atoms with E-state index >= 15 is 0 Å². The van der Waals surface area contributed by atoms with Gasteiger partial charge in [0.2, 0.25) is 0 Å². The molecule has 6 nitrogen and oxygen atoms in total. The zero-order valence-electron chi connectivity index (χ0n) is 15.5. The number of hydrogen-bond acceptors (Lipinski definition) is 4. The van der Waals surface area contributed by atoms with Crippen LogP contribution >= 0.6 is 0 Å². The average molecular weight is 346 g/mol. The van der Waals surface area contributed by atoms with Crippen LogP contribution in [0.15, 0.2) is 23.1 Å². The van der Waals surface area contributed by atoms with Crippen molar-refractivity contribution in [2.24, 2.45) is 0 Å². The Morgan fingerprint density at radius 3 is 2.12 bits per heavy atom. The Kier molecular flexibility index (Phi) is 6.07. The topological polar surface area (TPSA) is 69.6 Å². The predicted octanol–water partition coefficient (Wildman–Crippen LogP) is 2.96. The van der Waals surface area contributed by atoms with Gasteiger partial charge in [-0.15, -0.1) is 0 Å². The van der Waals surface area contributed by atoms with Gasteiger partial charge in [-0.05, 0) is 31.9 Å². The molecule has 0 fully saturated rings. The number of nitrogens with zero attached hydrogens (tertiary/aromatic N) is 1. The molecule has 25 heavy (non-hydrogen) atoms. The first-order chi connectivity index (χ1) is 12.0. The fourth-order valence-corrected chi connectivity index (χ4v) is 2.89. The van der Waals surface area contributed by atoms with E-state index in [9.17, 15) is 9.59 Å². The van der Waals surface area contributed by atoms with Crippen molar-refractivity contribution in [3.05, 3.63) is 34.2 Å². The molecule has 0 saturated carbocycles. The van der Waals surface area contributed by atoms with Gasteiger partial charge in [-0.25, -0.2) is 0 Å². The molecule has 0 atom stereocenters. The number of carbonyl (C=O) groups excluding carboxylic acids is 1. The Bertz CT molecular complexity index is 822. The Morgan fingerprint density at radius 2 is 1.64 bits per heavy atom. The minimum absolute atomic E-state index is 0.102. The molecule has 0 bridgehead atoms. The van der Waals surface area contributed by atoms with Crippen LogP contribution in [-0.2, 0) is 6.54 Å². The van der Waals surface area contributed by atoms with Crippen LogP contribution in [-0.4, -0.2) is 30.7 Å². The minimum Gasteiger partial charge on any atom is -0.493 e. The molecule has 1 heterocycles. The summed E-state index contributed by atoms with van der Waals surface area (Å²) in [4.78, 5) is 25.5. The van der Waals surface area contributed by atoms with Crippen molar-refractivity contribution < 1.29 is 14.3 Å². The minimum atomic E-state index is -0.187. The van der Waals surface area contributed by atoms with Gasteiger partial charge >= 0.3 is 0 Å². The molecule has 0 aliphatic carbocycles. The first-order valence-corrected chi connectivity index (χ1v) is 8.60. The van der Waals surface area contributed by atoms with Gasteiger partial charge in [0.1, 0.15) is 0 Å². The zero-order valence-corrected chi connectivity index (χ0v) is 15.5. The quantitative estimate of drug-likeness (QED) is 0.837. The molecular formula is C19H26N2O4. The first kappa shape index (κ1) is 18.8. The van der Waals surface area contributed by atoms with Crippen molar-refractivity contribution in [1.82, 2.24) is 9.88 Å². The number of carbonyl (C=O) groups is 1. The van der Waals surface area contributed by atoms with Gasteiger partial charge in [0, 0.05) is 24.2 Å². The Balaban J connectivity index is 2.71. The lowest BCUT2D eigenvalue weighted by molar-refractivity contribution is 0.0935. The number of amides is 1. The molecule has 1 amide bonds. The number of ether oxygens (including phenoxy) is 2. The van der Waals surface area contributed by atoms with Gasteiger partial charge < -0.3 is 19.4 Å². The van der Waals surface area contributed by atoms with Crippen LogP contribution in [0.25, 0.3) is 10.8 Å². The van der Waals surface area contributed by atoms with E-state index in [4.69, 9.17) is 9.47 Å². The maximum atomic E-state index is 12.8. The Labute approximate surface area is 147 Å². The lowest BCUT2D eigenvalue weighted by Crippen LogP contribution is -2.35. The number of methoxy groups -OCH3 is 2. The highest BCUT2D eigenvalue weighted by Crippen LogP contribution is 2.32. The highest BCUT2D eigenvalue weighted by Gasteiger charge is 2.19. The van der Waals surface area contributed by atoms with E-state index in [0.29, 0.717) is 34.4 Å². The molecule has 0 saturated heterocycles. The normalized spacial score (nSPS) is 11.0. The van der Waals surface area contributed by atoms with Gasteiger partial charge in [0.25, 0.3) is 11.5 Å². The summed E-state index contributed by atoms with van der Waals surface area (Å²) >= 11 is 0. The van der Waals surface area contributed by atoms with Crippen molar-refractivity contribution in [1.29, 1.82) is 0 Å². The Hall–Kier alpha value is -2.50. The molecule has 136 valence electrons.